The standard InChI is InChI=1S/C23H32O5/c1-15(8-7-9-16(2)11-13-22(26)27-6)10-12-20-14-21(25)17(3)18(4)23(20)28-19(5)24/h9-10,14,25H,7-8,11-13H2,1-6H3/b15-10+,16-9+. The predicted molar refractivity (Wildman–Crippen MR) is 111 cm³/mol. The highest BCUT2D eigenvalue weighted by Crippen LogP contribution is 2.33. The SMILES string of the molecule is COC(=O)CC/C(C)=C/CC/C(C)=C/Cc1cc(O)c(C)c(C)c1OC(C)=O. The van der Waals surface area contributed by atoms with E-state index in [1.807, 2.05) is 13.8 Å². The van der Waals surface area contributed by atoms with Gasteiger partial charge < -0.3 is 14.6 Å². The summed E-state index contributed by atoms with van der Waals surface area (Å²) in [4.78, 5) is 22.6. The second-order valence-corrected chi connectivity index (χ2v) is 7.15. The van der Waals surface area contributed by atoms with Gasteiger partial charge in [0, 0.05) is 18.9 Å². The Labute approximate surface area is 168 Å². The molecule has 0 radical (unpaired) electrons. The Morgan fingerprint density at radius 1 is 1.00 bits per heavy atom. The molecular weight excluding hydrogens is 356 g/mol. The van der Waals surface area contributed by atoms with Crippen molar-refractivity contribution in [2.24, 2.45) is 0 Å². The van der Waals surface area contributed by atoms with Crippen molar-refractivity contribution in [3.8, 4) is 11.5 Å². The van der Waals surface area contributed by atoms with E-state index in [2.05, 4.69) is 23.8 Å². The van der Waals surface area contributed by atoms with Crippen LogP contribution in [0, 0.1) is 13.8 Å². The van der Waals surface area contributed by atoms with Crippen LogP contribution in [-0.4, -0.2) is 24.2 Å². The molecule has 1 aromatic carbocycles. The van der Waals surface area contributed by atoms with Gasteiger partial charge in [0.2, 0.25) is 0 Å². The lowest BCUT2D eigenvalue weighted by atomic mass is 9.99. The molecule has 0 spiro atoms. The molecule has 0 atom stereocenters. The largest absolute Gasteiger partial charge is 0.508 e. The lowest BCUT2D eigenvalue weighted by molar-refractivity contribution is -0.140. The topological polar surface area (TPSA) is 72.8 Å². The van der Waals surface area contributed by atoms with Gasteiger partial charge in [0.15, 0.2) is 0 Å². The van der Waals surface area contributed by atoms with Crippen molar-refractivity contribution in [1.82, 2.24) is 0 Å². The molecule has 0 bridgehead atoms. The fourth-order valence-electron chi connectivity index (χ4n) is 2.82. The molecule has 0 amide bonds. The average Bonchev–Trinajstić information content (AvgIpc) is 2.64. The summed E-state index contributed by atoms with van der Waals surface area (Å²) >= 11 is 0. The second-order valence-electron chi connectivity index (χ2n) is 7.15. The summed E-state index contributed by atoms with van der Waals surface area (Å²) in [5.41, 5.74) is 4.67. The number of benzene rings is 1. The molecule has 5 nitrogen and oxygen atoms in total. The molecule has 5 heteroatoms. The number of hydrogen-bond donors (Lipinski definition) is 1. The molecule has 0 aliphatic heterocycles. The molecule has 0 heterocycles. The smallest absolute Gasteiger partial charge is 0.308 e. The molecule has 0 fully saturated rings. The number of phenolic OH excluding ortho intramolecular Hbond substituents is 1. The first-order valence-electron chi connectivity index (χ1n) is 9.54. The van der Waals surface area contributed by atoms with Crippen molar-refractivity contribution < 1.29 is 24.2 Å². The molecule has 0 aliphatic carbocycles. The lowest BCUT2D eigenvalue weighted by Gasteiger charge is -2.14. The normalized spacial score (nSPS) is 12.1. The van der Waals surface area contributed by atoms with Crippen molar-refractivity contribution in [2.75, 3.05) is 7.11 Å². The molecular formula is C23H32O5. The highest BCUT2D eigenvalue weighted by molar-refractivity contribution is 5.71. The summed E-state index contributed by atoms with van der Waals surface area (Å²) < 4.78 is 10.0. The lowest BCUT2D eigenvalue weighted by Crippen LogP contribution is -2.06. The number of allylic oxidation sites excluding steroid dienone is 4. The first-order valence-corrected chi connectivity index (χ1v) is 9.54. The fourth-order valence-corrected chi connectivity index (χ4v) is 2.82. The van der Waals surface area contributed by atoms with Gasteiger partial charge in [-0.2, -0.15) is 0 Å². The van der Waals surface area contributed by atoms with E-state index >= 15 is 0 Å². The third-order valence-corrected chi connectivity index (χ3v) is 4.79. The second kappa shape index (κ2) is 11.3. The minimum absolute atomic E-state index is 0.191. The molecule has 0 saturated heterocycles. The van der Waals surface area contributed by atoms with Gasteiger partial charge in [-0.25, -0.2) is 0 Å². The van der Waals surface area contributed by atoms with E-state index in [-0.39, 0.29) is 17.7 Å². The summed E-state index contributed by atoms with van der Waals surface area (Å²) in [7, 11) is 1.40. The molecule has 0 saturated carbocycles. The van der Waals surface area contributed by atoms with E-state index in [1.165, 1.54) is 25.2 Å². The summed E-state index contributed by atoms with van der Waals surface area (Å²) in [6, 6.07) is 1.67. The van der Waals surface area contributed by atoms with Crippen molar-refractivity contribution >= 4 is 11.9 Å². The Morgan fingerprint density at radius 3 is 2.25 bits per heavy atom. The van der Waals surface area contributed by atoms with E-state index in [1.54, 1.807) is 13.0 Å². The summed E-state index contributed by atoms with van der Waals surface area (Å²) in [6.07, 6.45) is 7.72. The molecule has 0 unspecified atom stereocenters. The zero-order valence-corrected chi connectivity index (χ0v) is 17.8. The third kappa shape index (κ3) is 7.59. The number of rotatable bonds is 9. The molecule has 1 N–H and O–H groups in total. The van der Waals surface area contributed by atoms with Gasteiger partial charge in [0.25, 0.3) is 0 Å². The number of hydrogen-bond acceptors (Lipinski definition) is 5. The first kappa shape index (κ1) is 23.5. The van der Waals surface area contributed by atoms with Crippen LogP contribution in [0.15, 0.2) is 29.4 Å². The molecule has 1 rings (SSSR count). The molecule has 154 valence electrons. The number of esters is 2. The maximum atomic E-state index is 11.4. The fraction of sp³-hybridized carbons (Fsp3) is 0.478. The molecule has 28 heavy (non-hydrogen) atoms. The maximum Gasteiger partial charge on any atom is 0.308 e. The van der Waals surface area contributed by atoms with E-state index in [0.29, 0.717) is 30.6 Å². The average molecular weight is 389 g/mol. The number of methoxy groups -OCH3 is 1. The highest BCUT2D eigenvalue weighted by atomic mass is 16.5. The van der Waals surface area contributed by atoms with Gasteiger partial charge in [-0.15, -0.1) is 0 Å². The van der Waals surface area contributed by atoms with Gasteiger partial charge in [-0.3, -0.25) is 9.59 Å². The van der Waals surface area contributed by atoms with Crippen LogP contribution in [0.5, 0.6) is 11.5 Å². The monoisotopic (exact) mass is 388 g/mol. The Hall–Kier alpha value is -2.56. The van der Waals surface area contributed by atoms with Gasteiger partial charge in [-0.1, -0.05) is 23.3 Å². The third-order valence-electron chi connectivity index (χ3n) is 4.79. The van der Waals surface area contributed by atoms with Crippen LogP contribution in [0.2, 0.25) is 0 Å². The van der Waals surface area contributed by atoms with E-state index in [9.17, 15) is 14.7 Å². The Morgan fingerprint density at radius 2 is 1.64 bits per heavy atom. The van der Waals surface area contributed by atoms with E-state index < -0.39 is 0 Å². The Balaban J connectivity index is 2.75. The quantitative estimate of drug-likeness (QED) is 0.362. The van der Waals surface area contributed by atoms with E-state index in [4.69, 9.17) is 4.74 Å². The summed E-state index contributed by atoms with van der Waals surface area (Å²) in [5.74, 6) is 0.177. The zero-order valence-electron chi connectivity index (χ0n) is 17.8. The minimum Gasteiger partial charge on any atom is -0.508 e. The van der Waals surface area contributed by atoms with Crippen LogP contribution in [-0.2, 0) is 20.7 Å². The van der Waals surface area contributed by atoms with Crippen molar-refractivity contribution in [3.63, 3.8) is 0 Å². The van der Waals surface area contributed by atoms with Gasteiger partial charge in [0.05, 0.1) is 7.11 Å². The summed E-state index contributed by atoms with van der Waals surface area (Å²) in [6.45, 7) is 9.10. The highest BCUT2D eigenvalue weighted by Gasteiger charge is 2.14. The van der Waals surface area contributed by atoms with Crippen LogP contribution in [0.4, 0.5) is 0 Å². The molecule has 1 aromatic rings. The van der Waals surface area contributed by atoms with Crippen molar-refractivity contribution in [3.05, 3.63) is 46.1 Å². The predicted octanol–water partition coefficient (Wildman–Crippen LogP) is 5.10. The molecule has 0 aromatic heterocycles. The van der Waals surface area contributed by atoms with Crippen molar-refractivity contribution in [1.29, 1.82) is 0 Å². The number of aromatic hydroxyl groups is 1. The zero-order chi connectivity index (χ0) is 21.3. The van der Waals surface area contributed by atoms with Crippen LogP contribution >= 0.6 is 0 Å². The van der Waals surface area contributed by atoms with Crippen LogP contribution in [0.1, 0.15) is 63.1 Å². The Bertz CT molecular complexity index is 772. The van der Waals surface area contributed by atoms with Crippen LogP contribution in [0.3, 0.4) is 0 Å². The number of ether oxygens (including phenoxy) is 2. The van der Waals surface area contributed by atoms with Gasteiger partial charge in [-0.05, 0) is 70.6 Å². The van der Waals surface area contributed by atoms with Crippen LogP contribution in [0.25, 0.3) is 0 Å². The number of phenols is 1. The Kier molecular flexibility index (Phi) is 9.49. The van der Waals surface area contributed by atoms with Crippen molar-refractivity contribution in [2.45, 2.75) is 66.7 Å². The minimum atomic E-state index is -0.372. The maximum absolute atomic E-state index is 11.4. The molecule has 0 aliphatic rings. The van der Waals surface area contributed by atoms with E-state index in [0.717, 1.165) is 24.0 Å². The number of carbonyl (C=O) groups excluding carboxylic acids is 2. The van der Waals surface area contributed by atoms with Crippen LogP contribution < -0.4 is 4.74 Å². The van der Waals surface area contributed by atoms with Gasteiger partial charge in [0.1, 0.15) is 11.5 Å². The number of carbonyl (C=O) groups is 2. The first-order chi connectivity index (χ1) is 13.1. The van der Waals surface area contributed by atoms with Gasteiger partial charge >= 0.3 is 11.9 Å². The summed E-state index contributed by atoms with van der Waals surface area (Å²) in [5, 5.41) is 10.1.